The van der Waals surface area contributed by atoms with Crippen LogP contribution in [0.2, 0.25) is 0 Å². The topological polar surface area (TPSA) is 45.5 Å². The monoisotopic (exact) mass is 178 g/mol. The third-order valence-electron chi connectivity index (χ3n) is 1.53. The lowest BCUT2D eigenvalue weighted by molar-refractivity contribution is 0.322. The third kappa shape index (κ3) is 1.16. The number of aromatic nitrogens is 1. The smallest absolute Gasteiger partial charge is 0.0810 e. The molecule has 60 valence electrons. The van der Waals surface area contributed by atoms with Crippen molar-refractivity contribution < 1.29 is 5.21 Å². The molecule has 0 amide bonds. The highest BCUT2D eigenvalue weighted by Gasteiger charge is 1.96. The first kappa shape index (κ1) is 7.24. The molecule has 2 aromatic rings. The summed E-state index contributed by atoms with van der Waals surface area (Å²) in [5, 5.41) is 13.2. The number of hydrogen-bond acceptors (Lipinski definition) is 4. The molecule has 2 rings (SSSR count). The van der Waals surface area contributed by atoms with Crippen LogP contribution >= 0.6 is 11.3 Å². The van der Waals surface area contributed by atoms with Crippen molar-refractivity contribution >= 4 is 27.8 Å². The molecule has 0 saturated heterocycles. The van der Waals surface area contributed by atoms with Crippen LogP contribution in [0.15, 0.2) is 28.9 Å². The highest BCUT2D eigenvalue weighted by Crippen LogP contribution is 2.18. The summed E-state index contributed by atoms with van der Waals surface area (Å²) in [6.45, 7) is 0. The van der Waals surface area contributed by atoms with Crippen molar-refractivity contribution in [2.45, 2.75) is 0 Å². The van der Waals surface area contributed by atoms with E-state index >= 15 is 0 Å². The highest BCUT2D eigenvalue weighted by molar-refractivity contribution is 7.17. The Labute approximate surface area is 73.0 Å². The van der Waals surface area contributed by atoms with Gasteiger partial charge in [0.2, 0.25) is 0 Å². The first-order chi connectivity index (χ1) is 5.90. The molecular weight excluding hydrogens is 172 g/mol. The second-order valence-electron chi connectivity index (χ2n) is 2.32. The molecule has 0 fully saturated rings. The van der Waals surface area contributed by atoms with Crippen LogP contribution in [0.5, 0.6) is 0 Å². The Morgan fingerprint density at radius 1 is 1.58 bits per heavy atom. The Bertz CT molecular complexity index is 422. The lowest BCUT2D eigenvalue weighted by Gasteiger charge is -1.90. The molecule has 0 spiro atoms. The van der Waals surface area contributed by atoms with Crippen LogP contribution in [0.3, 0.4) is 0 Å². The number of rotatable bonds is 1. The van der Waals surface area contributed by atoms with Crippen molar-refractivity contribution in [1.29, 1.82) is 0 Å². The molecule has 0 aliphatic rings. The lowest BCUT2D eigenvalue weighted by Crippen LogP contribution is -1.81. The minimum atomic E-state index is 0.812. The van der Waals surface area contributed by atoms with Crippen LogP contribution in [0.4, 0.5) is 0 Å². The molecule has 4 heteroatoms. The first-order valence-electron chi connectivity index (χ1n) is 3.41. The van der Waals surface area contributed by atoms with E-state index in [1.165, 1.54) is 6.21 Å². The van der Waals surface area contributed by atoms with Gasteiger partial charge < -0.3 is 5.21 Å². The minimum absolute atomic E-state index is 0.812. The van der Waals surface area contributed by atoms with Gasteiger partial charge in [0.1, 0.15) is 0 Å². The summed E-state index contributed by atoms with van der Waals surface area (Å²) in [5.74, 6) is 0. The summed E-state index contributed by atoms with van der Waals surface area (Å²) >= 11 is 1.62. The second-order valence-corrected chi connectivity index (χ2v) is 3.26. The molecule has 0 saturated carbocycles. The van der Waals surface area contributed by atoms with Crippen LogP contribution in [0.1, 0.15) is 5.56 Å². The second kappa shape index (κ2) is 2.91. The number of nitrogens with zero attached hydrogens (tertiary/aromatic N) is 2. The van der Waals surface area contributed by atoms with Gasteiger partial charge in [0, 0.05) is 11.8 Å². The SMILES string of the molecule is ON=Cc1cnc2ccsc2c1. The molecule has 0 radical (unpaired) electrons. The van der Waals surface area contributed by atoms with E-state index in [2.05, 4.69) is 10.1 Å². The third-order valence-corrected chi connectivity index (χ3v) is 2.38. The van der Waals surface area contributed by atoms with Crippen LogP contribution < -0.4 is 0 Å². The average molecular weight is 178 g/mol. The van der Waals surface area contributed by atoms with E-state index in [4.69, 9.17) is 5.21 Å². The van der Waals surface area contributed by atoms with E-state index in [1.807, 2.05) is 17.5 Å². The predicted molar refractivity (Wildman–Crippen MR) is 49.0 cm³/mol. The zero-order valence-electron chi connectivity index (χ0n) is 6.14. The van der Waals surface area contributed by atoms with Crippen molar-refractivity contribution in [3.8, 4) is 0 Å². The molecule has 0 atom stereocenters. The Balaban J connectivity index is 2.60. The quantitative estimate of drug-likeness (QED) is 0.413. The summed E-state index contributed by atoms with van der Waals surface area (Å²) in [5.41, 5.74) is 1.79. The molecule has 1 N–H and O–H groups in total. The van der Waals surface area contributed by atoms with Gasteiger partial charge in [-0.05, 0) is 17.5 Å². The van der Waals surface area contributed by atoms with Gasteiger partial charge in [-0.25, -0.2) is 0 Å². The number of thiophene rings is 1. The lowest BCUT2D eigenvalue weighted by atomic mass is 10.3. The van der Waals surface area contributed by atoms with E-state index in [0.29, 0.717) is 0 Å². The molecule has 0 unspecified atom stereocenters. The van der Waals surface area contributed by atoms with Gasteiger partial charge in [-0.1, -0.05) is 5.16 Å². The summed E-state index contributed by atoms with van der Waals surface area (Å²) < 4.78 is 1.10. The maximum absolute atomic E-state index is 8.29. The number of fused-ring (bicyclic) bond motifs is 1. The van der Waals surface area contributed by atoms with E-state index < -0.39 is 0 Å². The van der Waals surface area contributed by atoms with E-state index in [9.17, 15) is 0 Å². The number of hydrogen-bond donors (Lipinski definition) is 1. The van der Waals surface area contributed by atoms with Crippen molar-refractivity contribution in [1.82, 2.24) is 4.98 Å². The molecule has 2 heterocycles. The van der Waals surface area contributed by atoms with E-state index in [-0.39, 0.29) is 0 Å². The van der Waals surface area contributed by atoms with Gasteiger partial charge in [-0.15, -0.1) is 11.3 Å². The Hall–Kier alpha value is -1.42. The minimum Gasteiger partial charge on any atom is -0.411 e. The summed E-state index contributed by atoms with van der Waals surface area (Å²) in [6, 6.07) is 3.90. The fourth-order valence-corrected chi connectivity index (χ4v) is 1.79. The van der Waals surface area contributed by atoms with Gasteiger partial charge in [0.05, 0.1) is 16.4 Å². The van der Waals surface area contributed by atoms with Crippen molar-refractivity contribution in [3.05, 3.63) is 29.3 Å². The predicted octanol–water partition coefficient (Wildman–Crippen LogP) is 2.10. The molecule has 0 aliphatic heterocycles. The van der Waals surface area contributed by atoms with E-state index in [0.717, 1.165) is 15.8 Å². The summed E-state index contributed by atoms with van der Waals surface area (Å²) in [6.07, 6.45) is 3.04. The highest BCUT2D eigenvalue weighted by atomic mass is 32.1. The average Bonchev–Trinajstić information content (AvgIpc) is 2.51. The standard InChI is InChI=1S/C8H6N2OS/c11-10-5-6-3-8-7(9-4-6)1-2-12-8/h1-5,11H. The van der Waals surface area contributed by atoms with Gasteiger partial charge in [-0.2, -0.15) is 0 Å². The van der Waals surface area contributed by atoms with Gasteiger partial charge in [0.25, 0.3) is 0 Å². The van der Waals surface area contributed by atoms with Crippen molar-refractivity contribution in [2.75, 3.05) is 0 Å². The normalized spacial score (nSPS) is 11.3. The fourth-order valence-electron chi connectivity index (χ4n) is 0.999. The zero-order chi connectivity index (χ0) is 8.39. The fraction of sp³-hybridized carbons (Fsp3) is 0. The van der Waals surface area contributed by atoms with E-state index in [1.54, 1.807) is 17.5 Å². The molecule has 12 heavy (non-hydrogen) atoms. The van der Waals surface area contributed by atoms with Crippen LogP contribution in [0.25, 0.3) is 10.2 Å². The number of pyridine rings is 1. The Kier molecular flexibility index (Phi) is 1.75. The van der Waals surface area contributed by atoms with Crippen LogP contribution in [0, 0.1) is 0 Å². The summed E-state index contributed by atoms with van der Waals surface area (Å²) in [7, 11) is 0. The Morgan fingerprint density at radius 3 is 3.33 bits per heavy atom. The van der Waals surface area contributed by atoms with Crippen molar-refractivity contribution in [3.63, 3.8) is 0 Å². The largest absolute Gasteiger partial charge is 0.411 e. The molecule has 0 bridgehead atoms. The summed E-state index contributed by atoms with van der Waals surface area (Å²) in [4.78, 5) is 4.17. The maximum Gasteiger partial charge on any atom is 0.0810 e. The zero-order valence-corrected chi connectivity index (χ0v) is 6.95. The molecule has 0 aliphatic carbocycles. The van der Waals surface area contributed by atoms with Gasteiger partial charge in [0.15, 0.2) is 0 Å². The molecule has 0 aromatic carbocycles. The maximum atomic E-state index is 8.29. The number of oxime groups is 1. The first-order valence-corrected chi connectivity index (χ1v) is 4.29. The van der Waals surface area contributed by atoms with Gasteiger partial charge >= 0.3 is 0 Å². The molecular formula is C8H6N2OS. The molecule has 3 nitrogen and oxygen atoms in total. The van der Waals surface area contributed by atoms with Crippen molar-refractivity contribution in [2.24, 2.45) is 5.16 Å². The Morgan fingerprint density at radius 2 is 2.50 bits per heavy atom. The van der Waals surface area contributed by atoms with Crippen LogP contribution in [-0.4, -0.2) is 16.4 Å². The van der Waals surface area contributed by atoms with Crippen LogP contribution in [-0.2, 0) is 0 Å². The van der Waals surface area contributed by atoms with Gasteiger partial charge in [-0.3, -0.25) is 4.98 Å². The molecule has 2 aromatic heterocycles.